The molecule has 0 aliphatic rings. The molecular weight excluding hydrogens is 272 g/mol. The zero-order chi connectivity index (χ0) is 15.2. The Balaban J connectivity index is 1.82. The Morgan fingerprint density at radius 1 is 1.10 bits per heavy atom. The van der Waals surface area contributed by atoms with E-state index >= 15 is 0 Å². The molecule has 0 radical (unpaired) electrons. The van der Waals surface area contributed by atoms with Crippen molar-refractivity contribution in [1.82, 2.24) is 5.32 Å². The second-order valence-corrected chi connectivity index (χ2v) is 4.95. The summed E-state index contributed by atoms with van der Waals surface area (Å²) < 4.78 is 25.8. The van der Waals surface area contributed by atoms with Crippen molar-refractivity contribution in [1.29, 1.82) is 0 Å². The second kappa shape index (κ2) is 6.97. The van der Waals surface area contributed by atoms with Gasteiger partial charge in [0.2, 0.25) is 5.91 Å². The van der Waals surface area contributed by atoms with Crippen LogP contribution in [-0.2, 0) is 17.8 Å². The Morgan fingerprint density at radius 2 is 1.86 bits per heavy atom. The first-order valence-corrected chi connectivity index (χ1v) is 6.81. The molecule has 0 aliphatic carbocycles. The summed E-state index contributed by atoms with van der Waals surface area (Å²) in [5, 5.41) is 2.83. The lowest BCUT2D eigenvalue weighted by Gasteiger charge is -2.08. The van der Waals surface area contributed by atoms with Crippen molar-refractivity contribution in [2.45, 2.75) is 26.3 Å². The van der Waals surface area contributed by atoms with Crippen LogP contribution in [0.1, 0.15) is 23.1 Å². The van der Waals surface area contributed by atoms with Crippen LogP contribution in [0.5, 0.6) is 0 Å². The lowest BCUT2D eigenvalue weighted by atomic mass is 10.1. The van der Waals surface area contributed by atoms with Crippen molar-refractivity contribution in [2.24, 2.45) is 0 Å². The van der Waals surface area contributed by atoms with E-state index < -0.39 is 11.6 Å². The van der Waals surface area contributed by atoms with Crippen LogP contribution in [0.2, 0.25) is 0 Å². The van der Waals surface area contributed by atoms with E-state index in [1.165, 1.54) is 6.07 Å². The zero-order valence-corrected chi connectivity index (χ0v) is 11.8. The third kappa shape index (κ3) is 4.38. The normalized spacial score (nSPS) is 10.4. The maximum atomic E-state index is 13.0. The first kappa shape index (κ1) is 15.2. The number of hydrogen-bond acceptors (Lipinski definition) is 1. The molecule has 110 valence electrons. The minimum Gasteiger partial charge on any atom is -0.352 e. The van der Waals surface area contributed by atoms with Gasteiger partial charge in [-0.2, -0.15) is 0 Å². The van der Waals surface area contributed by atoms with Crippen molar-refractivity contribution in [2.75, 3.05) is 0 Å². The van der Waals surface area contributed by atoms with Crippen LogP contribution in [0.4, 0.5) is 8.78 Å². The molecular formula is C17H17F2NO. The summed E-state index contributed by atoms with van der Waals surface area (Å²) in [5.74, 6) is -1.86. The largest absolute Gasteiger partial charge is 0.352 e. The Bertz CT molecular complexity index is 640. The highest BCUT2D eigenvalue weighted by atomic mass is 19.2. The highest BCUT2D eigenvalue weighted by molar-refractivity contribution is 5.76. The van der Waals surface area contributed by atoms with E-state index in [9.17, 15) is 13.6 Å². The molecule has 0 saturated heterocycles. The van der Waals surface area contributed by atoms with Gasteiger partial charge in [0.25, 0.3) is 0 Å². The van der Waals surface area contributed by atoms with Gasteiger partial charge in [-0.3, -0.25) is 4.79 Å². The van der Waals surface area contributed by atoms with Gasteiger partial charge in [0.1, 0.15) is 0 Å². The van der Waals surface area contributed by atoms with Crippen LogP contribution >= 0.6 is 0 Å². The van der Waals surface area contributed by atoms with E-state index in [1.807, 2.05) is 31.2 Å². The maximum Gasteiger partial charge on any atom is 0.220 e. The molecule has 0 fully saturated rings. The predicted octanol–water partition coefficient (Wildman–Crippen LogP) is 3.52. The molecule has 2 rings (SSSR count). The third-order valence-corrected chi connectivity index (χ3v) is 3.36. The van der Waals surface area contributed by atoms with Crippen LogP contribution in [0.15, 0.2) is 42.5 Å². The number of carbonyl (C=O) groups excluding carboxylic acids is 1. The second-order valence-electron chi connectivity index (χ2n) is 4.95. The molecule has 1 N–H and O–H groups in total. The Kier molecular flexibility index (Phi) is 5.04. The molecule has 2 nitrogen and oxygen atoms in total. The van der Waals surface area contributed by atoms with Gasteiger partial charge < -0.3 is 5.32 Å². The minimum atomic E-state index is -0.882. The van der Waals surface area contributed by atoms with Gasteiger partial charge >= 0.3 is 0 Å². The highest BCUT2D eigenvalue weighted by Crippen LogP contribution is 2.11. The molecule has 0 atom stereocenters. The standard InChI is InChI=1S/C17H17F2NO/c1-12-4-2-3-5-14(12)11-20-17(21)9-7-13-6-8-15(18)16(19)10-13/h2-6,8,10H,7,9,11H2,1H3,(H,20,21). The maximum absolute atomic E-state index is 13.0. The molecule has 21 heavy (non-hydrogen) atoms. The van der Waals surface area contributed by atoms with E-state index in [2.05, 4.69) is 5.32 Å². The molecule has 0 unspecified atom stereocenters. The fraction of sp³-hybridized carbons (Fsp3) is 0.235. The van der Waals surface area contributed by atoms with Gasteiger partial charge in [-0.15, -0.1) is 0 Å². The summed E-state index contributed by atoms with van der Waals surface area (Å²) in [4.78, 5) is 11.8. The number of hydrogen-bond donors (Lipinski definition) is 1. The summed E-state index contributed by atoms with van der Waals surface area (Å²) in [7, 11) is 0. The summed E-state index contributed by atoms with van der Waals surface area (Å²) in [5.41, 5.74) is 2.80. The minimum absolute atomic E-state index is 0.108. The molecule has 0 aromatic heterocycles. The van der Waals surface area contributed by atoms with Gasteiger partial charge in [0.05, 0.1) is 0 Å². The number of nitrogens with one attached hydrogen (secondary N) is 1. The summed E-state index contributed by atoms with van der Waals surface area (Å²) in [6, 6.07) is 11.5. The molecule has 0 saturated carbocycles. The van der Waals surface area contributed by atoms with Crippen molar-refractivity contribution in [3.63, 3.8) is 0 Å². The average Bonchev–Trinajstić information content (AvgIpc) is 2.47. The first-order valence-electron chi connectivity index (χ1n) is 6.81. The van der Waals surface area contributed by atoms with E-state index in [1.54, 1.807) is 0 Å². The Labute approximate surface area is 122 Å². The first-order chi connectivity index (χ1) is 10.1. The molecule has 4 heteroatoms. The van der Waals surface area contributed by atoms with Crippen LogP contribution in [0, 0.1) is 18.6 Å². The molecule has 2 aromatic rings. The van der Waals surface area contributed by atoms with Crippen LogP contribution < -0.4 is 5.32 Å². The molecule has 2 aromatic carbocycles. The quantitative estimate of drug-likeness (QED) is 0.896. The average molecular weight is 289 g/mol. The Morgan fingerprint density at radius 3 is 2.57 bits per heavy atom. The number of rotatable bonds is 5. The highest BCUT2D eigenvalue weighted by Gasteiger charge is 2.06. The van der Waals surface area contributed by atoms with E-state index in [0.29, 0.717) is 18.5 Å². The van der Waals surface area contributed by atoms with Crippen LogP contribution in [0.3, 0.4) is 0 Å². The number of benzene rings is 2. The van der Waals surface area contributed by atoms with E-state index in [4.69, 9.17) is 0 Å². The lowest BCUT2D eigenvalue weighted by Crippen LogP contribution is -2.23. The number of amides is 1. The van der Waals surface area contributed by atoms with E-state index in [-0.39, 0.29) is 12.3 Å². The summed E-state index contributed by atoms with van der Waals surface area (Å²) >= 11 is 0. The molecule has 0 heterocycles. The van der Waals surface area contributed by atoms with Gasteiger partial charge in [-0.05, 0) is 42.2 Å². The number of aryl methyl sites for hydroxylation is 2. The molecule has 0 spiro atoms. The molecule has 0 aliphatic heterocycles. The van der Waals surface area contributed by atoms with Crippen molar-refractivity contribution < 1.29 is 13.6 Å². The summed E-state index contributed by atoms with van der Waals surface area (Å²) in [6.07, 6.45) is 0.633. The third-order valence-electron chi connectivity index (χ3n) is 3.36. The van der Waals surface area contributed by atoms with Gasteiger partial charge in [0.15, 0.2) is 11.6 Å². The fourth-order valence-corrected chi connectivity index (χ4v) is 2.04. The van der Waals surface area contributed by atoms with Gasteiger partial charge in [-0.25, -0.2) is 8.78 Å². The van der Waals surface area contributed by atoms with Crippen molar-refractivity contribution >= 4 is 5.91 Å². The summed E-state index contributed by atoms with van der Waals surface area (Å²) in [6.45, 7) is 2.46. The Hall–Kier alpha value is -2.23. The van der Waals surface area contributed by atoms with Crippen LogP contribution in [-0.4, -0.2) is 5.91 Å². The number of halogens is 2. The van der Waals surface area contributed by atoms with Crippen molar-refractivity contribution in [3.8, 4) is 0 Å². The molecule has 1 amide bonds. The smallest absolute Gasteiger partial charge is 0.220 e. The van der Waals surface area contributed by atoms with Crippen LogP contribution in [0.25, 0.3) is 0 Å². The zero-order valence-electron chi connectivity index (χ0n) is 11.8. The fourth-order valence-electron chi connectivity index (χ4n) is 2.04. The SMILES string of the molecule is Cc1ccccc1CNC(=O)CCc1ccc(F)c(F)c1. The molecule has 0 bridgehead atoms. The van der Waals surface area contributed by atoms with Gasteiger partial charge in [-0.1, -0.05) is 30.3 Å². The topological polar surface area (TPSA) is 29.1 Å². The monoisotopic (exact) mass is 289 g/mol. The number of carbonyl (C=O) groups is 1. The van der Waals surface area contributed by atoms with E-state index in [0.717, 1.165) is 23.3 Å². The van der Waals surface area contributed by atoms with Gasteiger partial charge in [0, 0.05) is 13.0 Å². The van der Waals surface area contributed by atoms with Crippen molar-refractivity contribution in [3.05, 3.63) is 70.8 Å². The predicted molar refractivity (Wildman–Crippen MR) is 77.7 cm³/mol. The lowest BCUT2D eigenvalue weighted by molar-refractivity contribution is -0.121.